The maximum absolute atomic E-state index is 12.8. The largest absolute Gasteiger partial charge is 0.318 e. The zero-order valence-corrected chi connectivity index (χ0v) is 14.1. The second kappa shape index (κ2) is 7.36. The Balaban J connectivity index is 0.00000242. The molecule has 1 saturated heterocycles. The summed E-state index contributed by atoms with van der Waals surface area (Å²) in [6.07, 6.45) is 1.60. The number of benzene rings is 1. The standard InChI is InChI=1S/C13H19N3O4S.ClH/c1-10-12(16(17)18)6-3-7-13(10)21(19,20)15-8-4-5-11(15)9-14-2;/h3,6-7,11,14H,4-5,8-9H2,1-2H3;1H. The number of nitro benzene ring substituents is 1. The fourth-order valence-electron chi connectivity index (χ4n) is 2.77. The number of nitrogens with zero attached hydrogens (tertiary/aromatic N) is 2. The third kappa shape index (κ3) is 3.40. The van der Waals surface area contributed by atoms with Crippen molar-refractivity contribution in [2.75, 3.05) is 20.1 Å². The Hall–Kier alpha value is -1.22. The van der Waals surface area contributed by atoms with Crippen molar-refractivity contribution in [3.05, 3.63) is 33.9 Å². The van der Waals surface area contributed by atoms with Crippen LogP contribution in [0.25, 0.3) is 0 Å². The molecular formula is C13H20ClN3O4S. The van der Waals surface area contributed by atoms with Crippen molar-refractivity contribution < 1.29 is 13.3 Å². The molecule has 1 heterocycles. The van der Waals surface area contributed by atoms with Crippen molar-refractivity contribution in [2.45, 2.75) is 30.7 Å². The molecule has 1 N–H and O–H groups in total. The molecule has 1 fully saturated rings. The number of likely N-dealkylation sites (N-methyl/N-ethyl adjacent to an activating group) is 1. The fraction of sp³-hybridized carbons (Fsp3) is 0.538. The summed E-state index contributed by atoms with van der Waals surface area (Å²) in [5.41, 5.74) is 0.0260. The average Bonchev–Trinajstić information content (AvgIpc) is 2.88. The van der Waals surface area contributed by atoms with E-state index < -0.39 is 14.9 Å². The van der Waals surface area contributed by atoms with Gasteiger partial charge in [0, 0.05) is 30.8 Å². The van der Waals surface area contributed by atoms with Gasteiger partial charge in [0.1, 0.15) is 0 Å². The summed E-state index contributed by atoms with van der Waals surface area (Å²) in [5.74, 6) is 0. The van der Waals surface area contributed by atoms with E-state index in [0.717, 1.165) is 12.8 Å². The Morgan fingerprint density at radius 1 is 1.45 bits per heavy atom. The van der Waals surface area contributed by atoms with Gasteiger partial charge in [-0.15, -0.1) is 12.4 Å². The zero-order valence-electron chi connectivity index (χ0n) is 12.5. The van der Waals surface area contributed by atoms with E-state index in [1.54, 1.807) is 7.05 Å². The predicted molar refractivity (Wildman–Crippen MR) is 85.9 cm³/mol. The molecule has 0 bridgehead atoms. The van der Waals surface area contributed by atoms with Crippen molar-refractivity contribution in [1.82, 2.24) is 9.62 Å². The number of rotatable bonds is 5. The van der Waals surface area contributed by atoms with E-state index in [9.17, 15) is 18.5 Å². The monoisotopic (exact) mass is 349 g/mol. The van der Waals surface area contributed by atoms with Crippen LogP contribution in [-0.4, -0.2) is 43.8 Å². The zero-order chi connectivity index (χ0) is 15.6. The normalized spacial score (nSPS) is 18.9. The molecule has 0 saturated carbocycles. The van der Waals surface area contributed by atoms with Gasteiger partial charge in [0.05, 0.1) is 9.82 Å². The summed E-state index contributed by atoms with van der Waals surface area (Å²) in [7, 11) is -1.93. The Bertz CT molecular complexity index is 651. The smallest absolute Gasteiger partial charge is 0.273 e. The summed E-state index contributed by atoms with van der Waals surface area (Å²) in [4.78, 5) is 10.5. The van der Waals surface area contributed by atoms with Crippen molar-refractivity contribution >= 4 is 28.1 Å². The van der Waals surface area contributed by atoms with Crippen LogP contribution in [-0.2, 0) is 10.0 Å². The van der Waals surface area contributed by atoms with Crippen molar-refractivity contribution in [3.8, 4) is 0 Å². The highest BCUT2D eigenvalue weighted by Gasteiger charge is 2.36. The van der Waals surface area contributed by atoms with E-state index in [-0.39, 0.29) is 34.6 Å². The van der Waals surface area contributed by atoms with Gasteiger partial charge >= 0.3 is 0 Å². The van der Waals surface area contributed by atoms with Crippen molar-refractivity contribution in [3.63, 3.8) is 0 Å². The minimum absolute atomic E-state index is 0. The summed E-state index contributed by atoms with van der Waals surface area (Å²) in [5, 5.41) is 14.0. The Labute approximate surface area is 136 Å². The number of nitrogens with one attached hydrogen (secondary N) is 1. The number of halogens is 1. The topological polar surface area (TPSA) is 92.6 Å². The number of hydrogen-bond acceptors (Lipinski definition) is 5. The van der Waals surface area contributed by atoms with E-state index in [4.69, 9.17) is 0 Å². The first-order valence-electron chi connectivity index (χ1n) is 6.80. The molecule has 0 aromatic heterocycles. The third-order valence-electron chi connectivity index (χ3n) is 3.80. The van der Waals surface area contributed by atoms with Gasteiger partial charge in [0.2, 0.25) is 10.0 Å². The lowest BCUT2D eigenvalue weighted by molar-refractivity contribution is -0.385. The summed E-state index contributed by atoms with van der Waals surface area (Å²) < 4.78 is 27.0. The maximum Gasteiger partial charge on any atom is 0.273 e. The maximum atomic E-state index is 12.8. The molecule has 7 nitrogen and oxygen atoms in total. The van der Waals surface area contributed by atoms with Crippen LogP contribution in [0.5, 0.6) is 0 Å². The second-order valence-electron chi connectivity index (χ2n) is 5.13. The summed E-state index contributed by atoms with van der Waals surface area (Å²) >= 11 is 0. The molecule has 1 aliphatic rings. The third-order valence-corrected chi connectivity index (χ3v) is 5.90. The highest BCUT2D eigenvalue weighted by Crippen LogP contribution is 2.31. The quantitative estimate of drug-likeness (QED) is 0.645. The SMILES string of the molecule is CNCC1CCCN1S(=O)(=O)c1cccc([N+](=O)[O-])c1C.Cl. The molecule has 0 amide bonds. The number of nitro groups is 1. The van der Waals surface area contributed by atoms with Gasteiger partial charge in [0.15, 0.2) is 0 Å². The minimum atomic E-state index is -3.71. The lowest BCUT2D eigenvalue weighted by atomic mass is 10.2. The van der Waals surface area contributed by atoms with E-state index in [2.05, 4.69) is 5.32 Å². The Morgan fingerprint density at radius 2 is 2.14 bits per heavy atom. The van der Waals surface area contributed by atoms with Crippen LogP contribution in [0.4, 0.5) is 5.69 Å². The first-order valence-corrected chi connectivity index (χ1v) is 8.24. The molecule has 2 rings (SSSR count). The van der Waals surface area contributed by atoms with E-state index in [1.807, 2.05) is 0 Å². The molecular weight excluding hydrogens is 330 g/mol. The van der Waals surface area contributed by atoms with Crippen LogP contribution in [0.15, 0.2) is 23.1 Å². The molecule has 1 aromatic carbocycles. The van der Waals surface area contributed by atoms with Crippen LogP contribution in [0.3, 0.4) is 0 Å². The van der Waals surface area contributed by atoms with Gasteiger partial charge in [0.25, 0.3) is 5.69 Å². The van der Waals surface area contributed by atoms with Crippen LogP contribution in [0.1, 0.15) is 18.4 Å². The first-order chi connectivity index (χ1) is 9.89. The molecule has 1 unspecified atom stereocenters. The first kappa shape index (κ1) is 18.8. The molecule has 0 aliphatic carbocycles. The van der Waals surface area contributed by atoms with Crippen molar-refractivity contribution in [2.24, 2.45) is 0 Å². The summed E-state index contributed by atoms with van der Waals surface area (Å²) in [6.45, 7) is 2.51. The molecule has 1 aromatic rings. The van der Waals surface area contributed by atoms with Gasteiger partial charge in [-0.2, -0.15) is 4.31 Å². The molecule has 0 radical (unpaired) electrons. The van der Waals surface area contributed by atoms with Crippen LogP contribution < -0.4 is 5.32 Å². The van der Waals surface area contributed by atoms with E-state index in [0.29, 0.717) is 13.1 Å². The van der Waals surface area contributed by atoms with Gasteiger partial charge in [-0.1, -0.05) is 6.07 Å². The Morgan fingerprint density at radius 3 is 2.73 bits per heavy atom. The van der Waals surface area contributed by atoms with Crippen LogP contribution in [0.2, 0.25) is 0 Å². The second-order valence-corrected chi connectivity index (χ2v) is 6.99. The van der Waals surface area contributed by atoms with Crippen LogP contribution in [0, 0.1) is 17.0 Å². The molecule has 0 spiro atoms. The number of sulfonamides is 1. The highest BCUT2D eigenvalue weighted by molar-refractivity contribution is 7.89. The fourth-order valence-corrected chi connectivity index (χ4v) is 4.71. The highest BCUT2D eigenvalue weighted by atomic mass is 35.5. The molecule has 9 heteroatoms. The van der Waals surface area contributed by atoms with Gasteiger partial charge < -0.3 is 5.32 Å². The van der Waals surface area contributed by atoms with E-state index in [1.165, 1.54) is 29.4 Å². The minimum Gasteiger partial charge on any atom is -0.318 e. The van der Waals surface area contributed by atoms with Crippen molar-refractivity contribution in [1.29, 1.82) is 0 Å². The summed E-state index contributed by atoms with van der Waals surface area (Å²) in [6, 6.07) is 4.08. The Kier molecular flexibility index (Phi) is 6.30. The predicted octanol–water partition coefficient (Wildman–Crippen LogP) is 1.70. The molecule has 1 aliphatic heterocycles. The molecule has 124 valence electrons. The molecule has 22 heavy (non-hydrogen) atoms. The van der Waals surface area contributed by atoms with Gasteiger partial charge in [-0.3, -0.25) is 10.1 Å². The van der Waals surface area contributed by atoms with Crippen LogP contribution >= 0.6 is 12.4 Å². The average molecular weight is 350 g/mol. The number of hydrogen-bond donors (Lipinski definition) is 1. The lowest BCUT2D eigenvalue weighted by Crippen LogP contribution is -2.41. The molecule has 1 atom stereocenters. The van der Waals surface area contributed by atoms with Gasteiger partial charge in [-0.05, 0) is 32.9 Å². The van der Waals surface area contributed by atoms with E-state index >= 15 is 0 Å². The van der Waals surface area contributed by atoms with Gasteiger partial charge in [-0.25, -0.2) is 8.42 Å². The lowest BCUT2D eigenvalue weighted by Gasteiger charge is -2.24.